The fourth-order valence-corrected chi connectivity index (χ4v) is 3.87. The van der Waals surface area contributed by atoms with E-state index in [1.54, 1.807) is 0 Å². The second-order valence-electron chi connectivity index (χ2n) is 6.12. The highest BCUT2D eigenvalue weighted by Crippen LogP contribution is 2.28. The molecule has 0 aromatic carbocycles. The van der Waals surface area contributed by atoms with E-state index < -0.39 is 15.5 Å². The van der Waals surface area contributed by atoms with Crippen molar-refractivity contribution in [2.45, 2.75) is 50.3 Å². The number of aliphatic imine (C=N–C) groups is 1. The molecular weight excluding hydrogens is 488 g/mol. The molecule has 12 heteroatoms. The Labute approximate surface area is 169 Å². The van der Waals surface area contributed by atoms with Gasteiger partial charge in [0.15, 0.2) is 5.96 Å². The lowest BCUT2D eigenvalue weighted by Crippen LogP contribution is -2.51. The molecule has 0 saturated carbocycles. The molecule has 154 valence electrons. The number of piperidine rings is 1. The van der Waals surface area contributed by atoms with Crippen molar-refractivity contribution in [1.29, 1.82) is 0 Å². The summed E-state index contributed by atoms with van der Waals surface area (Å²) in [5.41, 5.74) is -5.25. The fraction of sp³-hybridized carbons (Fsp3) is 0.929. The molecule has 1 atom stereocenters. The largest absolute Gasteiger partial charge is 0.511 e. The molecule has 0 aromatic rings. The number of ether oxygens (including phenoxy) is 1. The molecule has 26 heavy (non-hydrogen) atoms. The number of halogens is 4. The van der Waals surface area contributed by atoms with E-state index in [0.29, 0.717) is 36.2 Å². The normalized spacial score (nSPS) is 23.5. The second-order valence-corrected chi connectivity index (χ2v) is 8.05. The third kappa shape index (κ3) is 6.37. The van der Waals surface area contributed by atoms with Crippen LogP contribution < -0.4 is 10.6 Å². The Hall–Kier alpha value is -0.340. The first-order valence-corrected chi connectivity index (χ1v) is 9.91. The van der Waals surface area contributed by atoms with Crippen LogP contribution in [0.5, 0.6) is 0 Å². The number of nitrogens with one attached hydrogen (secondary N) is 2. The van der Waals surface area contributed by atoms with Crippen LogP contribution in [-0.4, -0.2) is 69.1 Å². The van der Waals surface area contributed by atoms with Crippen LogP contribution in [0.4, 0.5) is 13.2 Å². The van der Waals surface area contributed by atoms with E-state index in [2.05, 4.69) is 15.6 Å². The van der Waals surface area contributed by atoms with Crippen molar-refractivity contribution in [3.8, 4) is 0 Å². The molecule has 2 N–H and O–H groups in total. The summed E-state index contributed by atoms with van der Waals surface area (Å²) in [6, 6.07) is -0.123. The summed E-state index contributed by atoms with van der Waals surface area (Å²) in [4.78, 5) is 4.45. The van der Waals surface area contributed by atoms with Crippen LogP contribution in [0.2, 0.25) is 0 Å². The first-order chi connectivity index (χ1) is 11.7. The molecule has 2 saturated heterocycles. The molecule has 0 bridgehead atoms. The van der Waals surface area contributed by atoms with Gasteiger partial charge in [-0.25, -0.2) is 8.42 Å². The predicted molar refractivity (Wildman–Crippen MR) is 103 cm³/mol. The Kier molecular flexibility index (Phi) is 9.36. The number of nitrogens with zero attached hydrogens (tertiary/aromatic N) is 2. The van der Waals surface area contributed by atoms with Gasteiger partial charge >= 0.3 is 15.5 Å². The highest BCUT2D eigenvalue weighted by molar-refractivity contribution is 14.0. The lowest BCUT2D eigenvalue weighted by Gasteiger charge is -2.32. The van der Waals surface area contributed by atoms with E-state index in [1.165, 1.54) is 0 Å². The number of hydrogen-bond donors (Lipinski definition) is 2. The topological polar surface area (TPSA) is 83.0 Å². The van der Waals surface area contributed by atoms with Gasteiger partial charge in [-0.05, 0) is 32.6 Å². The molecule has 0 amide bonds. The first kappa shape index (κ1) is 23.7. The molecule has 0 spiro atoms. The summed E-state index contributed by atoms with van der Waals surface area (Å²) < 4.78 is 66.6. The highest BCUT2D eigenvalue weighted by Gasteiger charge is 2.50. The molecule has 1 unspecified atom stereocenters. The van der Waals surface area contributed by atoms with Gasteiger partial charge in [0.1, 0.15) is 0 Å². The lowest BCUT2D eigenvalue weighted by atomic mass is 10.1. The van der Waals surface area contributed by atoms with E-state index in [4.69, 9.17) is 4.74 Å². The monoisotopic (exact) mass is 514 g/mol. The summed E-state index contributed by atoms with van der Waals surface area (Å²) >= 11 is 0. The minimum atomic E-state index is -5.25. The maximum absolute atomic E-state index is 12.6. The Morgan fingerprint density at radius 3 is 2.42 bits per heavy atom. The molecule has 2 fully saturated rings. The quantitative estimate of drug-likeness (QED) is 0.332. The molecule has 2 heterocycles. The number of sulfonamides is 1. The number of rotatable bonds is 5. The van der Waals surface area contributed by atoms with Crippen LogP contribution >= 0.6 is 24.0 Å². The van der Waals surface area contributed by atoms with Gasteiger partial charge in [0.25, 0.3) is 0 Å². The van der Waals surface area contributed by atoms with Crippen LogP contribution in [0.3, 0.4) is 0 Å². The molecule has 0 aromatic heterocycles. The van der Waals surface area contributed by atoms with Gasteiger partial charge in [-0.2, -0.15) is 17.5 Å². The maximum atomic E-state index is 12.6. The Bertz CT molecular complexity index is 560. The molecule has 2 aliphatic rings. The van der Waals surface area contributed by atoms with Gasteiger partial charge in [-0.3, -0.25) is 4.99 Å². The van der Waals surface area contributed by atoms with Crippen molar-refractivity contribution in [3.63, 3.8) is 0 Å². The standard InChI is InChI=1S/C14H25F3N4O3S.HI/c1-2-18-13(19-10-12-4-3-9-24-12)20-11-5-7-21(8-6-11)25(22,23)14(15,16)17;/h11-12H,2-10H2,1H3,(H2,18,19,20);1H. The summed E-state index contributed by atoms with van der Waals surface area (Å²) in [5, 5.41) is 6.26. The third-order valence-corrected chi connectivity index (χ3v) is 5.88. The summed E-state index contributed by atoms with van der Waals surface area (Å²) in [6.07, 6.45) is 2.68. The van der Waals surface area contributed by atoms with Crippen LogP contribution in [0.25, 0.3) is 0 Å². The molecule has 2 rings (SSSR count). The average Bonchev–Trinajstić information content (AvgIpc) is 3.06. The van der Waals surface area contributed by atoms with Gasteiger partial charge < -0.3 is 15.4 Å². The second kappa shape index (κ2) is 10.3. The number of hydrogen-bond acceptors (Lipinski definition) is 4. The summed E-state index contributed by atoms with van der Waals surface area (Å²) in [6.45, 7) is 3.52. The minimum absolute atomic E-state index is 0. The van der Waals surface area contributed by atoms with E-state index in [1.807, 2.05) is 6.92 Å². The highest BCUT2D eigenvalue weighted by atomic mass is 127. The summed E-state index contributed by atoms with van der Waals surface area (Å²) in [5.74, 6) is 0.579. The zero-order valence-electron chi connectivity index (χ0n) is 14.6. The van der Waals surface area contributed by atoms with Crippen molar-refractivity contribution < 1.29 is 26.3 Å². The van der Waals surface area contributed by atoms with Gasteiger partial charge in [0, 0.05) is 32.3 Å². The van der Waals surface area contributed by atoms with Crippen LogP contribution in [0.15, 0.2) is 4.99 Å². The van der Waals surface area contributed by atoms with Crippen LogP contribution in [0.1, 0.15) is 32.6 Å². The van der Waals surface area contributed by atoms with Crippen molar-refractivity contribution in [3.05, 3.63) is 0 Å². The Morgan fingerprint density at radius 2 is 1.92 bits per heavy atom. The molecule has 0 radical (unpaired) electrons. The number of alkyl halides is 3. The van der Waals surface area contributed by atoms with E-state index in [-0.39, 0.29) is 49.2 Å². The molecule has 7 nitrogen and oxygen atoms in total. The van der Waals surface area contributed by atoms with Crippen molar-refractivity contribution in [2.75, 3.05) is 32.8 Å². The van der Waals surface area contributed by atoms with E-state index in [0.717, 1.165) is 19.4 Å². The van der Waals surface area contributed by atoms with Crippen molar-refractivity contribution in [2.24, 2.45) is 4.99 Å². The lowest BCUT2D eigenvalue weighted by molar-refractivity contribution is -0.0494. The average molecular weight is 514 g/mol. The maximum Gasteiger partial charge on any atom is 0.511 e. The fourth-order valence-electron chi connectivity index (χ4n) is 2.88. The minimum Gasteiger partial charge on any atom is -0.376 e. The Morgan fingerprint density at radius 1 is 1.27 bits per heavy atom. The van der Waals surface area contributed by atoms with Crippen molar-refractivity contribution >= 4 is 40.0 Å². The Balaban J connectivity index is 0.00000338. The third-order valence-electron chi connectivity index (χ3n) is 4.25. The SMILES string of the molecule is CCNC(=NCC1CCCO1)NC1CCN(S(=O)(=O)C(F)(F)F)CC1.I. The van der Waals surface area contributed by atoms with Crippen LogP contribution in [-0.2, 0) is 14.8 Å². The van der Waals surface area contributed by atoms with Gasteiger partial charge in [-0.1, -0.05) is 0 Å². The van der Waals surface area contributed by atoms with E-state index in [9.17, 15) is 21.6 Å². The van der Waals surface area contributed by atoms with Crippen LogP contribution in [0, 0.1) is 0 Å². The van der Waals surface area contributed by atoms with Crippen molar-refractivity contribution in [1.82, 2.24) is 14.9 Å². The van der Waals surface area contributed by atoms with Gasteiger partial charge in [0.05, 0.1) is 12.6 Å². The zero-order valence-corrected chi connectivity index (χ0v) is 17.7. The molecule has 2 aliphatic heterocycles. The van der Waals surface area contributed by atoms with Gasteiger partial charge in [0.2, 0.25) is 0 Å². The summed E-state index contributed by atoms with van der Waals surface area (Å²) in [7, 11) is -5.24. The van der Waals surface area contributed by atoms with E-state index >= 15 is 0 Å². The smallest absolute Gasteiger partial charge is 0.376 e. The zero-order chi connectivity index (χ0) is 18.5. The predicted octanol–water partition coefficient (Wildman–Crippen LogP) is 1.65. The number of guanidine groups is 1. The molecular formula is C14H26F3IN4O3S. The van der Waals surface area contributed by atoms with Gasteiger partial charge in [-0.15, -0.1) is 24.0 Å². The molecule has 0 aliphatic carbocycles. The first-order valence-electron chi connectivity index (χ1n) is 8.47.